The van der Waals surface area contributed by atoms with Gasteiger partial charge >= 0.3 is 0 Å². The van der Waals surface area contributed by atoms with Gasteiger partial charge in [-0.25, -0.2) is 9.97 Å². The normalized spacial score (nSPS) is 10.3. The molecule has 1 heterocycles. The summed E-state index contributed by atoms with van der Waals surface area (Å²) in [5, 5.41) is 8.21. The molecule has 0 unspecified atom stereocenters. The molecular weight excluding hydrogens is 272 g/mol. The fourth-order valence-electron chi connectivity index (χ4n) is 1.70. The Hall–Kier alpha value is -2.08. The summed E-state index contributed by atoms with van der Waals surface area (Å²) in [4.78, 5) is 8.56. The smallest absolute Gasteiger partial charge is 0.188 e. The Balaban J connectivity index is 2.19. The van der Waals surface area contributed by atoms with Crippen molar-refractivity contribution in [3.8, 4) is 5.75 Å². The Morgan fingerprint density at radius 1 is 1.40 bits per heavy atom. The summed E-state index contributed by atoms with van der Waals surface area (Å²) in [5.74, 6) is 1.48. The lowest BCUT2D eigenvalue weighted by Crippen LogP contribution is -2.11. The van der Waals surface area contributed by atoms with Gasteiger partial charge in [0, 0.05) is 28.8 Å². The van der Waals surface area contributed by atoms with Gasteiger partial charge in [0.25, 0.3) is 0 Å². The lowest BCUT2D eigenvalue weighted by atomic mass is 10.1. The highest BCUT2D eigenvalue weighted by Crippen LogP contribution is 2.27. The van der Waals surface area contributed by atoms with Crippen LogP contribution in [0.15, 0.2) is 35.6 Å². The van der Waals surface area contributed by atoms with E-state index in [0.29, 0.717) is 11.3 Å². The van der Waals surface area contributed by atoms with Crippen molar-refractivity contribution in [1.82, 2.24) is 9.97 Å². The summed E-state index contributed by atoms with van der Waals surface area (Å²) in [6, 6.07) is 7.33. The zero-order valence-electron chi connectivity index (χ0n) is 11.4. The van der Waals surface area contributed by atoms with E-state index in [0.717, 1.165) is 22.2 Å². The molecule has 5 nitrogen and oxygen atoms in total. The predicted octanol–water partition coefficient (Wildman–Crippen LogP) is 2.37. The summed E-state index contributed by atoms with van der Waals surface area (Å²) in [5.41, 5.74) is 8.10. The molecule has 104 valence electrons. The topological polar surface area (TPSA) is 84.9 Å². The van der Waals surface area contributed by atoms with Crippen LogP contribution in [0, 0.1) is 12.3 Å². The van der Waals surface area contributed by atoms with E-state index in [2.05, 4.69) is 9.97 Å². The number of aromatic nitrogens is 2. The maximum Gasteiger partial charge on any atom is 0.188 e. The number of hydrogen-bond acceptors (Lipinski definition) is 5. The number of rotatable bonds is 5. The largest absolute Gasteiger partial charge is 0.496 e. The van der Waals surface area contributed by atoms with Crippen molar-refractivity contribution in [2.45, 2.75) is 17.8 Å². The molecule has 0 atom stereocenters. The second-order valence-electron chi connectivity index (χ2n) is 4.21. The summed E-state index contributed by atoms with van der Waals surface area (Å²) >= 11 is 1.52. The van der Waals surface area contributed by atoms with Crippen LogP contribution in [-0.2, 0) is 5.75 Å². The van der Waals surface area contributed by atoms with Crippen LogP contribution in [0.1, 0.15) is 16.8 Å². The van der Waals surface area contributed by atoms with Crippen LogP contribution < -0.4 is 10.5 Å². The van der Waals surface area contributed by atoms with Crippen LogP contribution in [0.4, 0.5) is 0 Å². The third-order valence-corrected chi connectivity index (χ3v) is 3.63. The summed E-state index contributed by atoms with van der Waals surface area (Å²) in [7, 11) is 1.63. The minimum atomic E-state index is 0.0470. The second kappa shape index (κ2) is 6.38. The molecule has 0 fully saturated rings. The Bertz CT molecular complexity index is 630. The van der Waals surface area contributed by atoms with E-state index in [-0.39, 0.29) is 5.84 Å². The number of nitrogen functional groups attached to an aromatic ring is 1. The maximum absolute atomic E-state index is 7.49. The number of thioether (sulfide) groups is 1. The van der Waals surface area contributed by atoms with Crippen LogP contribution in [0.5, 0.6) is 5.75 Å². The van der Waals surface area contributed by atoms with Crippen molar-refractivity contribution in [2.24, 2.45) is 5.73 Å². The number of nitrogens with one attached hydrogen (secondary N) is 1. The molecule has 20 heavy (non-hydrogen) atoms. The predicted molar refractivity (Wildman–Crippen MR) is 80.3 cm³/mol. The first kappa shape index (κ1) is 14.3. The maximum atomic E-state index is 7.49. The fourth-order valence-corrected chi connectivity index (χ4v) is 2.55. The van der Waals surface area contributed by atoms with Gasteiger partial charge < -0.3 is 10.5 Å². The van der Waals surface area contributed by atoms with Crippen molar-refractivity contribution >= 4 is 17.6 Å². The molecule has 0 aliphatic heterocycles. The van der Waals surface area contributed by atoms with E-state index in [1.807, 2.05) is 25.1 Å². The molecule has 0 aliphatic carbocycles. The molecule has 2 rings (SSSR count). The standard InChI is InChI=1S/C14H16N4OS/c1-9-5-6-17-14(18-9)20-8-11-7-10(13(15)16)3-4-12(11)19-2/h3-7H,8H2,1-2H3,(H3,15,16). The van der Waals surface area contributed by atoms with Gasteiger partial charge in [0.1, 0.15) is 11.6 Å². The van der Waals surface area contributed by atoms with E-state index in [1.165, 1.54) is 11.8 Å². The zero-order valence-corrected chi connectivity index (χ0v) is 12.2. The molecule has 0 aliphatic rings. The number of ether oxygens (including phenoxy) is 1. The van der Waals surface area contributed by atoms with E-state index in [1.54, 1.807) is 19.4 Å². The first-order valence-electron chi connectivity index (χ1n) is 6.04. The number of methoxy groups -OCH3 is 1. The third-order valence-electron chi connectivity index (χ3n) is 2.72. The quantitative estimate of drug-likeness (QED) is 0.382. The Morgan fingerprint density at radius 2 is 2.20 bits per heavy atom. The van der Waals surface area contributed by atoms with E-state index in [9.17, 15) is 0 Å². The van der Waals surface area contributed by atoms with Crippen LogP contribution in [0.3, 0.4) is 0 Å². The third kappa shape index (κ3) is 3.48. The number of benzene rings is 1. The zero-order chi connectivity index (χ0) is 14.5. The van der Waals surface area contributed by atoms with Gasteiger partial charge in [-0.05, 0) is 31.2 Å². The first-order valence-corrected chi connectivity index (χ1v) is 7.02. The molecule has 2 aromatic rings. The Labute approximate surface area is 122 Å². The molecule has 0 radical (unpaired) electrons. The van der Waals surface area contributed by atoms with Gasteiger partial charge in [-0.2, -0.15) is 0 Å². The van der Waals surface area contributed by atoms with Crippen molar-refractivity contribution in [3.63, 3.8) is 0 Å². The number of aryl methyl sites for hydroxylation is 1. The summed E-state index contributed by atoms with van der Waals surface area (Å²) < 4.78 is 5.33. The molecular formula is C14H16N4OS. The minimum Gasteiger partial charge on any atom is -0.496 e. The van der Waals surface area contributed by atoms with Crippen LogP contribution in [0.25, 0.3) is 0 Å². The van der Waals surface area contributed by atoms with Gasteiger partial charge in [0.15, 0.2) is 5.16 Å². The molecule has 0 saturated heterocycles. The van der Waals surface area contributed by atoms with Gasteiger partial charge in [-0.1, -0.05) is 11.8 Å². The first-order chi connectivity index (χ1) is 9.60. The van der Waals surface area contributed by atoms with Crippen molar-refractivity contribution in [1.29, 1.82) is 5.41 Å². The molecule has 0 spiro atoms. The fraction of sp³-hybridized carbons (Fsp3) is 0.214. The Kier molecular flexibility index (Phi) is 4.57. The average molecular weight is 288 g/mol. The monoisotopic (exact) mass is 288 g/mol. The summed E-state index contributed by atoms with van der Waals surface area (Å²) in [6.07, 6.45) is 1.74. The van der Waals surface area contributed by atoms with Crippen molar-refractivity contribution in [3.05, 3.63) is 47.3 Å². The highest BCUT2D eigenvalue weighted by atomic mass is 32.2. The molecule has 1 aromatic carbocycles. The SMILES string of the molecule is COc1ccc(C(=N)N)cc1CSc1nccc(C)n1. The van der Waals surface area contributed by atoms with Gasteiger partial charge in [0.2, 0.25) is 0 Å². The van der Waals surface area contributed by atoms with E-state index < -0.39 is 0 Å². The number of nitrogens with zero attached hydrogens (tertiary/aromatic N) is 2. The highest BCUT2D eigenvalue weighted by Gasteiger charge is 2.08. The van der Waals surface area contributed by atoms with Crippen LogP contribution in [0.2, 0.25) is 0 Å². The Morgan fingerprint density at radius 3 is 2.85 bits per heavy atom. The number of hydrogen-bond donors (Lipinski definition) is 2. The lowest BCUT2D eigenvalue weighted by Gasteiger charge is -2.09. The molecule has 6 heteroatoms. The minimum absolute atomic E-state index is 0.0470. The second-order valence-corrected chi connectivity index (χ2v) is 5.15. The molecule has 0 saturated carbocycles. The van der Waals surface area contributed by atoms with Gasteiger partial charge in [-0.15, -0.1) is 0 Å². The van der Waals surface area contributed by atoms with Crippen LogP contribution in [-0.4, -0.2) is 22.9 Å². The molecule has 0 amide bonds. The lowest BCUT2D eigenvalue weighted by molar-refractivity contribution is 0.411. The van der Waals surface area contributed by atoms with Crippen molar-refractivity contribution < 1.29 is 4.74 Å². The highest BCUT2D eigenvalue weighted by molar-refractivity contribution is 7.98. The van der Waals surface area contributed by atoms with Crippen molar-refractivity contribution in [2.75, 3.05) is 7.11 Å². The van der Waals surface area contributed by atoms with Gasteiger partial charge in [0.05, 0.1) is 7.11 Å². The van der Waals surface area contributed by atoms with Gasteiger partial charge in [-0.3, -0.25) is 5.41 Å². The number of amidine groups is 1. The summed E-state index contributed by atoms with van der Waals surface area (Å²) in [6.45, 7) is 1.93. The molecule has 3 N–H and O–H groups in total. The van der Waals surface area contributed by atoms with E-state index in [4.69, 9.17) is 15.9 Å². The molecule has 1 aromatic heterocycles. The number of nitrogens with two attached hydrogens (primary N) is 1. The average Bonchev–Trinajstić information content (AvgIpc) is 2.44. The van der Waals surface area contributed by atoms with Crippen LogP contribution >= 0.6 is 11.8 Å². The van der Waals surface area contributed by atoms with E-state index >= 15 is 0 Å². The molecule has 0 bridgehead atoms.